The van der Waals surface area contributed by atoms with Gasteiger partial charge in [-0.3, -0.25) is 9.59 Å². The lowest BCUT2D eigenvalue weighted by Gasteiger charge is -2.22. The largest absolute Gasteiger partial charge is 0.481 e. The highest BCUT2D eigenvalue weighted by Gasteiger charge is 2.19. The van der Waals surface area contributed by atoms with Crippen molar-refractivity contribution in [3.05, 3.63) is 11.1 Å². The monoisotopic (exact) mass is 268 g/mol. The van der Waals surface area contributed by atoms with Crippen LogP contribution in [0.5, 0.6) is 0 Å². The highest BCUT2D eigenvalue weighted by Crippen LogP contribution is 2.15. The molecule has 1 aliphatic rings. The Morgan fingerprint density at radius 3 is 2.42 bits per heavy atom. The van der Waals surface area contributed by atoms with Gasteiger partial charge in [0.25, 0.3) is 0 Å². The van der Waals surface area contributed by atoms with E-state index in [9.17, 15) is 9.59 Å². The summed E-state index contributed by atoms with van der Waals surface area (Å²) in [5.41, 5.74) is 1.90. The molecular weight excluding hydrogens is 244 g/mol. The van der Waals surface area contributed by atoms with Crippen molar-refractivity contribution in [2.24, 2.45) is 11.8 Å². The van der Waals surface area contributed by atoms with Gasteiger partial charge in [-0.05, 0) is 30.8 Å². The highest BCUT2D eigenvalue weighted by atomic mass is 16.4. The van der Waals surface area contributed by atoms with Gasteiger partial charge in [0.1, 0.15) is 0 Å². The summed E-state index contributed by atoms with van der Waals surface area (Å²) in [7, 11) is 0. The topological polar surface area (TPSA) is 78.4 Å². The van der Waals surface area contributed by atoms with Crippen LogP contribution in [-0.2, 0) is 9.59 Å². The van der Waals surface area contributed by atoms with E-state index in [1.165, 1.54) is 0 Å². The van der Waals surface area contributed by atoms with Crippen molar-refractivity contribution in [3.63, 3.8) is 0 Å². The second kappa shape index (κ2) is 7.28. The summed E-state index contributed by atoms with van der Waals surface area (Å²) in [6.07, 6.45) is 0.916. The number of nitrogens with one attached hydrogen (secondary N) is 2. The van der Waals surface area contributed by atoms with Gasteiger partial charge < -0.3 is 15.7 Å². The quantitative estimate of drug-likeness (QED) is 0.605. The van der Waals surface area contributed by atoms with Crippen LogP contribution in [0.2, 0.25) is 0 Å². The van der Waals surface area contributed by atoms with Gasteiger partial charge in [-0.1, -0.05) is 13.8 Å². The number of hydrogen-bond donors (Lipinski definition) is 3. The molecule has 108 valence electrons. The summed E-state index contributed by atoms with van der Waals surface area (Å²) < 4.78 is 0. The molecule has 1 amide bonds. The lowest BCUT2D eigenvalue weighted by Crippen LogP contribution is -2.38. The maximum atomic E-state index is 11.9. The second-order valence-electron chi connectivity index (χ2n) is 5.64. The van der Waals surface area contributed by atoms with E-state index >= 15 is 0 Å². The molecule has 0 aliphatic carbocycles. The van der Waals surface area contributed by atoms with Gasteiger partial charge in [-0.25, -0.2) is 0 Å². The van der Waals surface area contributed by atoms with E-state index in [1.807, 2.05) is 6.92 Å². The average molecular weight is 268 g/mol. The molecule has 0 aromatic heterocycles. The first-order valence-electron chi connectivity index (χ1n) is 6.79. The van der Waals surface area contributed by atoms with E-state index in [1.54, 1.807) is 0 Å². The fourth-order valence-electron chi connectivity index (χ4n) is 2.20. The fraction of sp³-hybridized carbons (Fsp3) is 0.714. The molecule has 0 aromatic carbocycles. The molecule has 0 radical (unpaired) electrons. The van der Waals surface area contributed by atoms with Crippen molar-refractivity contribution in [1.29, 1.82) is 0 Å². The van der Waals surface area contributed by atoms with Crippen LogP contribution in [0.25, 0.3) is 0 Å². The fourth-order valence-corrected chi connectivity index (χ4v) is 2.20. The van der Waals surface area contributed by atoms with Crippen molar-refractivity contribution >= 4 is 11.9 Å². The van der Waals surface area contributed by atoms with E-state index in [4.69, 9.17) is 5.11 Å². The van der Waals surface area contributed by atoms with Crippen LogP contribution in [-0.4, -0.2) is 36.6 Å². The van der Waals surface area contributed by atoms with Crippen molar-refractivity contribution in [3.8, 4) is 0 Å². The van der Waals surface area contributed by atoms with E-state index in [0.717, 1.165) is 30.7 Å². The van der Waals surface area contributed by atoms with Crippen molar-refractivity contribution in [2.45, 2.75) is 33.6 Å². The molecule has 1 fully saturated rings. The zero-order chi connectivity index (χ0) is 14.4. The van der Waals surface area contributed by atoms with Crippen molar-refractivity contribution < 1.29 is 14.7 Å². The number of amides is 1. The van der Waals surface area contributed by atoms with Gasteiger partial charge in [0.15, 0.2) is 0 Å². The second-order valence-corrected chi connectivity index (χ2v) is 5.64. The summed E-state index contributed by atoms with van der Waals surface area (Å²) in [6.45, 7) is 7.93. The van der Waals surface area contributed by atoms with Crippen molar-refractivity contribution in [2.75, 3.05) is 19.6 Å². The van der Waals surface area contributed by atoms with Gasteiger partial charge in [0, 0.05) is 31.6 Å². The molecule has 3 N–H and O–H groups in total. The van der Waals surface area contributed by atoms with Gasteiger partial charge in [0.2, 0.25) is 5.91 Å². The molecule has 0 spiro atoms. The molecule has 1 aliphatic heterocycles. The zero-order valence-corrected chi connectivity index (χ0v) is 12.0. The minimum Gasteiger partial charge on any atom is -0.481 e. The molecule has 1 rings (SSSR count). The smallest absolute Gasteiger partial charge is 0.303 e. The minimum absolute atomic E-state index is 0.00114. The van der Waals surface area contributed by atoms with Crippen LogP contribution in [0.3, 0.4) is 0 Å². The Kier molecular flexibility index (Phi) is 6.02. The molecular formula is C14H24N2O3. The van der Waals surface area contributed by atoms with E-state index in [-0.39, 0.29) is 18.2 Å². The first-order valence-corrected chi connectivity index (χ1v) is 6.79. The molecule has 1 heterocycles. The first-order chi connectivity index (χ1) is 8.90. The van der Waals surface area contributed by atoms with Gasteiger partial charge in [-0.2, -0.15) is 0 Å². The van der Waals surface area contributed by atoms with E-state index in [0.29, 0.717) is 12.5 Å². The molecule has 5 heteroatoms. The lowest BCUT2D eigenvalue weighted by atomic mass is 9.94. The summed E-state index contributed by atoms with van der Waals surface area (Å²) in [5.74, 6) is -0.455. The van der Waals surface area contributed by atoms with Crippen LogP contribution in [0.15, 0.2) is 11.1 Å². The predicted molar refractivity (Wildman–Crippen MR) is 73.8 cm³/mol. The van der Waals surface area contributed by atoms with Crippen LogP contribution in [0, 0.1) is 11.8 Å². The van der Waals surface area contributed by atoms with Crippen molar-refractivity contribution in [1.82, 2.24) is 10.6 Å². The number of carboxylic acid groups (broad SMARTS) is 1. The standard InChI is InChI=1S/C14H24N2O3/c1-9(2)4-11(5-13(17)18)6-16-14(19)10(3)12-7-15-8-12/h9,11,15H,4-8H2,1-3H3,(H,16,19)(H,17,18). The molecule has 1 unspecified atom stereocenters. The molecule has 0 aromatic rings. The number of carbonyl (C=O) groups excluding carboxylic acids is 1. The van der Waals surface area contributed by atoms with E-state index in [2.05, 4.69) is 24.5 Å². The Bertz CT molecular complexity index is 369. The zero-order valence-electron chi connectivity index (χ0n) is 12.0. The Balaban J connectivity index is 2.46. The predicted octanol–water partition coefficient (Wildman–Crippen LogP) is 1.16. The van der Waals surface area contributed by atoms with E-state index < -0.39 is 5.97 Å². The van der Waals surface area contributed by atoms with Gasteiger partial charge in [0.05, 0.1) is 0 Å². The molecule has 5 nitrogen and oxygen atoms in total. The van der Waals surface area contributed by atoms with Gasteiger partial charge >= 0.3 is 5.97 Å². The third-order valence-corrected chi connectivity index (χ3v) is 3.37. The maximum absolute atomic E-state index is 11.9. The maximum Gasteiger partial charge on any atom is 0.303 e. The molecule has 0 bridgehead atoms. The summed E-state index contributed by atoms with van der Waals surface area (Å²) >= 11 is 0. The SMILES string of the molecule is CC(C(=O)NCC(CC(=O)O)CC(C)C)=C1CNC1. The number of rotatable bonds is 7. The van der Waals surface area contributed by atoms with Crippen LogP contribution < -0.4 is 10.6 Å². The van der Waals surface area contributed by atoms with Crippen LogP contribution in [0.4, 0.5) is 0 Å². The highest BCUT2D eigenvalue weighted by molar-refractivity contribution is 5.94. The Morgan fingerprint density at radius 2 is 2.00 bits per heavy atom. The lowest BCUT2D eigenvalue weighted by molar-refractivity contribution is -0.138. The molecule has 19 heavy (non-hydrogen) atoms. The third kappa shape index (κ3) is 5.42. The number of carboxylic acids is 1. The Labute approximate surface area is 114 Å². The Hall–Kier alpha value is -1.36. The normalized spacial score (nSPS) is 15.9. The van der Waals surface area contributed by atoms with Crippen LogP contribution in [0.1, 0.15) is 33.6 Å². The average Bonchev–Trinajstić information content (AvgIpc) is 2.21. The van der Waals surface area contributed by atoms with Gasteiger partial charge in [-0.15, -0.1) is 0 Å². The molecule has 0 saturated carbocycles. The summed E-state index contributed by atoms with van der Waals surface area (Å²) in [4.78, 5) is 22.7. The first kappa shape index (κ1) is 15.7. The summed E-state index contributed by atoms with van der Waals surface area (Å²) in [5, 5.41) is 14.8. The molecule has 1 saturated heterocycles. The third-order valence-electron chi connectivity index (χ3n) is 3.37. The number of hydrogen-bond acceptors (Lipinski definition) is 3. The molecule has 1 atom stereocenters. The minimum atomic E-state index is -0.807. The van der Waals surface area contributed by atoms with Crippen LogP contribution >= 0.6 is 0 Å². The Morgan fingerprint density at radius 1 is 1.37 bits per heavy atom. The number of aliphatic carboxylic acids is 1. The summed E-state index contributed by atoms with van der Waals surface area (Å²) in [6, 6.07) is 0. The number of carbonyl (C=O) groups is 2.